The van der Waals surface area contributed by atoms with Gasteiger partial charge in [-0.1, -0.05) is 18.5 Å². The van der Waals surface area contributed by atoms with Crippen molar-refractivity contribution in [1.82, 2.24) is 9.21 Å². The number of ether oxygens (including phenoxy) is 1. The first kappa shape index (κ1) is 19.0. The maximum Gasteiger partial charge on any atom is 0.247 e. The van der Waals surface area contributed by atoms with E-state index < -0.39 is 10.0 Å². The van der Waals surface area contributed by atoms with Gasteiger partial charge in [-0.3, -0.25) is 4.79 Å². The second-order valence-electron chi connectivity index (χ2n) is 5.80. The molecule has 24 heavy (non-hydrogen) atoms. The third-order valence-electron chi connectivity index (χ3n) is 4.30. The lowest BCUT2D eigenvalue weighted by molar-refractivity contribution is -0.132. The summed E-state index contributed by atoms with van der Waals surface area (Å²) < 4.78 is 32.8. The van der Waals surface area contributed by atoms with E-state index in [2.05, 4.69) is 0 Å². The number of amides is 1. The van der Waals surface area contributed by atoms with Gasteiger partial charge in [0.05, 0.1) is 7.11 Å². The number of rotatable bonds is 4. The standard InChI is InChI=1S/C16H23ClN2O4S/c1-5-14(20)18-6-8-19(9-7-18)24(21,22)16-12(3)15(17)11(2)10-13(16)23-4/h10H,5-9H2,1-4H3. The summed E-state index contributed by atoms with van der Waals surface area (Å²) in [5.74, 6) is 0.334. The zero-order valence-electron chi connectivity index (χ0n) is 14.4. The van der Waals surface area contributed by atoms with Crippen LogP contribution < -0.4 is 4.74 Å². The third kappa shape index (κ3) is 3.38. The molecule has 1 heterocycles. The lowest BCUT2D eigenvalue weighted by Gasteiger charge is -2.34. The zero-order valence-corrected chi connectivity index (χ0v) is 16.0. The highest BCUT2D eigenvalue weighted by atomic mass is 35.5. The predicted octanol–water partition coefficient (Wildman–Crippen LogP) is 2.21. The van der Waals surface area contributed by atoms with Crippen LogP contribution in [0.2, 0.25) is 5.02 Å². The molecule has 1 aliphatic heterocycles. The minimum Gasteiger partial charge on any atom is -0.495 e. The Hall–Kier alpha value is -1.31. The summed E-state index contributed by atoms with van der Waals surface area (Å²) in [4.78, 5) is 13.6. The van der Waals surface area contributed by atoms with Crippen molar-refractivity contribution in [3.63, 3.8) is 0 Å². The topological polar surface area (TPSA) is 66.9 Å². The van der Waals surface area contributed by atoms with E-state index in [0.717, 1.165) is 5.56 Å². The number of nitrogens with zero attached hydrogens (tertiary/aromatic N) is 2. The van der Waals surface area contributed by atoms with Crippen molar-refractivity contribution < 1.29 is 17.9 Å². The van der Waals surface area contributed by atoms with Gasteiger partial charge >= 0.3 is 0 Å². The second-order valence-corrected chi connectivity index (χ2v) is 8.06. The van der Waals surface area contributed by atoms with Crippen molar-refractivity contribution in [1.29, 1.82) is 0 Å². The third-order valence-corrected chi connectivity index (χ3v) is 6.95. The number of methoxy groups -OCH3 is 1. The number of halogens is 1. The molecule has 6 nitrogen and oxygen atoms in total. The number of benzene rings is 1. The van der Waals surface area contributed by atoms with Crippen molar-refractivity contribution in [3.8, 4) is 5.75 Å². The van der Waals surface area contributed by atoms with E-state index in [0.29, 0.717) is 35.8 Å². The van der Waals surface area contributed by atoms with E-state index >= 15 is 0 Å². The van der Waals surface area contributed by atoms with Gasteiger partial charge in [-0.15, -0.1) is 0 Å². The predicted molar refractivity (Wildman–Crippen MR) is 93.1 cm³/mol. The van der Waals surface area contributed by atoms with Crippen LogP contribution in [0.3, 0.4) is 0 Å². The van der Waals surface area contributed by atoms with Crippen molar-refractivity contribution >= 4 is 27.5 Å². The first-order chi connectivity index (χ1) is 11.2. The molecule has 0 spiro atoms. The fourth-order valence-electron chi connectivity index (χ4n) is 2.91. The monoisotopic (exact) mass is 374 g/mol. The fraction of sp³-hybridized carbons (Fsp3) is 0.562. The first-order valence-corrected chi connectivity index (χ1v) is 9.67. The highest BCUT2D eigenvalue weighted by molar-refractivity contribution is 7.89. The molecule has 0 N–H and O–H groups in total. The lowest BCUT2D eigenvalue weighted by Crippen LogP contribution is -2.50. The van der Waals surface area contributed by atoms with Crippen LogP contribution in [0, 0.1) is 13.8 Å². The molecule has 8 heteroatoms. The summed E-state index contributed by atoms with van der Waals surface area (Å²) in [6, 6.07) is 1.64. The van der Waals surface area contributed by atoms with Gasteiger partial charge in [0.2, 0.25) is 15.9 Å². The molecule has 1 aromatic carbocycles. The van der Waals surface area contributed by atoms with E-state index in [1.54, 1.807) is 24.8 Å². The summed E-state index contributed by atoms with van der Waals surface area (Å²) in [5, 5.41) is 0.425. The molecule has 1 aliphatic rings. The molecule has 0 bridgehead atoms. The molecule has 2 rings (SSSR count). The van der Waals surface area contributed by atoms with E-state index in [1.807, 2.05) is 6.92 Å². The van der Waals surface area contributed by atoms with Gasteiger partial charge in [-0.05, 0) is 31.0 Å². The van der Waals surface area contributed by atoms with E-state index in [-0.39, 0.29) is 23.9 Å². The van der Waals surface area contributed by atoms with Crippen LogP contribution in [0.5, 0.6) is 5.75 Å². The zero-order chi connectivity index (χ0) is 18.1. The molecule has 0 saturated carbocycles. The van der Waals surface area contributed by atoms with Crippen molar-refractivity contribution in [2.45, 2.75) is 32.1 Å². The van der Waals surface area contributed by atoms with Crippen LogP contribution in [-0.4, -0.2) is 56.8 Å². The first-order valence-electron chi connectivity index (χ1n) is 7.85. The van der Waals surface area contributed by atoms with Crippen LogP contribution in [0.4, 0.5) is 0 Å². The molecule has 1 fully saturated rings. The second kappa shape index (κ2) is 7.29. The van der Waals surface area contributed by atoms with Gasteiger partial charge in [-0.2, -0.15) is 4.31 Å². The van der Waals surface area contributed by atoms with E-state index in [4.69, 9.17) is 16.3 Å². The van der Waals surface area contributed by atoms with Gasteiger partial charge in [0, 0.05) is 37.6 Å². The number of carbonyl (C=O) groups excluding carboxylic acids is 1. The van der Waals surface area contributed by atoms with Gasteiger partial charge in [0.1, 0.15) is 10.6 Å². The van der Waals surface area contributed by atoms with Crippen LogP contribution in [0.25, 0.3) is 0 Å². The van der Waals surface area contributed by atoms with Gasteiger partial charge in [-0.25, -0.2) is 8.42 Å². The molecule has 1 amide bonds. The summed E-state index contributed by atoms with van der Waals surface area (Å²) in [5.41, 5.74) is 1.25. The van der Waals surface area contributed by atoms with Gasteiger partial charge in [0.25, 0.3) is 0 Å². The Labute approximate surface area is 148 Å². The molecule has 0 unspecified atom stereocenters. The van der Waals surface area contributed by atoms with Crippen LogP contribution in [0.1, 0.15) is 24.5 Å². The van der Waals surface area contributed by atoms with E-state index in [1.165, 1.54) is 11.4 Å². The fourth-order valence-corrected chi connectivity index (χ4v) is 4.90. The minimum absolute atomic E-state index is 0.0409. The van der Waals surface area contributed by atoms with Crippen LogP contribution in [0.15, 0.2) is 11.0 Å². The maximum absolute atomic E-state index is 13.1. The highest BCUT2D eigenvalue weighted by Crippen LogP contribution is 2.36. The average Bonchev–Trinajstić information content (AvgIpc) is 2.58. The number of carbonyl (C=O) groups is 1. The molecule has 134 valence electrons. The number of sulfonamides is 1. The molecular formula is C16H23ClN2O4S. The molecule has 1 aromatic rings. The van der Waals surface area contributed by atoms with Crippen molar-refractivity contribution in [2.24, 2.45) is 0 Å². The number of aryl methyl sites for hydroxylation is 1. The SMILES string of the molecule is CCC(=O)N1CCN(S(=O)(=O)c2c(OC)cc(C)c(Cl)c2C)CC1. The van der Waals surface area contributed by atoms with Crippen LogP contribution >= 0.6 is 11.6 Å². The van der Waals surface area contributed by atoms with Gasteiger partial charge < -0.3 is 9.64 Å². The number of piperazine rings is 1. The largest absolute Gasteiger partial charge is 0.495 e. The minimum atomic E-state index is -3.74. The summed E-state index contributed by atoms with van der Waals surface area (Å²) in [7, 11) is -2.30. The smallest absolute Gasteiger partial charge is 0.247 e. The average molecular weight is 375 g/mol. The Morgan fingerprint density at radius 1 is 1.25 bits per heavy atom. The molecular weight excluding hydrogens is 352 g/mol. The lowest BCUT2D eigenvalue weighted by atomic mass is 10.1. The molecule has 0 aliphatic carbocycles. The Balaban J connectivity index is 2.36. The Bertz CT molecular complexity index is 741. The Morgan fingerprint density at radius 3 is 2.33 bits per heavy atom. The number of hydrogen-bond donors (Lipinski definition) is 0. The number of hydrogen-bond acceptors (Lipinski definition) is 4. The Kier molecular flexibility index (Phi) is 5.78. The quantitative estimate of drug-likeness (QED) is 0.810. The molecule has 0 atom stereocenters. The molecule has 1 saturated heterocycles. The summed E-state index contributed by atoms with van der Waals surface area (Å²) in [6.45, 7) is 6.61. The van der Waals surface area contributed by atoms with Gasteiger partial charge in [0.15, 0.2) is 0 Å². The normalized spacial score (nSPS) is 16.3. The molecule has 0 aromatic heterocycles. The van der Waals surface area contributed by atoms with Crippen molar-refractivity contribution in [3.05, 3.63) is 22.2 Å². The maximum atomic E-state index is 13.1. The molecule has 0 radical (unpaired) electrons. The van der Waals surface area contributed by atoms with Crippen LogP contribution in [-0.2, 0) is 14.8 Å². The highest BCUT2D eigenvalue weighted by Gasteiger charge is 2.34. The summed E-state index contributed by atoms with van der Waals surface area (Å²) in [6.07, 6.45) is 0.424. The Morgan fingerprint density at radius 2 is 1.83 bits per heavy atom. The van der Waals surface area contributed by atoms with Crippen molar-refractivity contribution in [2.75, 3.05) is 33.3 Å². The van der Waals surface area contributed by atoms with E-state index in [9.17, 15) is 13.2 Å². The summed E-state index contributed by atoms with van der Waals surface area (Å²) >= 11 is 6.25.